The summed E-state index contributed by atoms with van der Waals surface area (Å²) in [6.45, 7) is 2.76. The standard InChI is InChI=1S/C26H48O4/c1-3-4-5-6-7-8-9-10-11-12-13-14-15-16-19-22-30-26(28)24-21-18-17-20-23(24)25(27)29-2/h23-24H,3-22H2,1-2H3. The zero-order chi connectivity index (χ0) is 21.9. The van der Waals surface area contributed by atoms with Gasteiger partial charge in [-0.1, -0.05) is 110 Å². The summed E-state index contributed by atoms with van der Waals surface area (Å²) in [5.41, 5.74) is 0. The molecule has 0 aromatic rings. The van der Waals surface area contributed by atoms with E-state index in [1.165, 1.54) is 90.6 Å². The first-order valence-electron chi connectivity index (χ1n) is 12.9. The quantitative estimate of drug-likeness (QED) is 0.170. The van der Waals surface area contributed by atoms with E-state index in [1.54, 1.807) is 0 Å². The number of ether oxygens (including phenoxy) is 2. The molecule has 176 valence electrons. The van der Waals surface area contributed by atoms with Gasteiger partial charge in [-0.3, -0.25) is 9.59 Å². The van der Waals surface area contributed by atoms with Crippen LogP contribution in [0.5, 0.6) is 0 Å². The minimum absolute atomic E-state index is 0.199. The molecule has 0 spiro atoms. The normalized spacial score (nSPS) is 18.9. The molecule has 0 radical (unpaired) electrons. The van der Waals surface area contributed by atoms with E-state index in [2.05, 4.69) is 6.92 Å². The van der Waals surface area contributed by atoms with Crippen molar-refractivity contribution in [2.45, 2.75) is 129 Å². The second-order valence-electron chi connectivity index (χ2n) is 9.14. The van der Waals surface area contributed by atoms with Crippen molar-refractivity contribution in [2.75, 3.05) is 13.7 Å². The van der Waals surface area contributed by atoms with Gasteiger partial charge in [0.1, 0.15) is 0 Å². The van der Waals surface area contributed by atoms with E-state index in [-0.39, 0.29) is 23.8 Å². The zero-order valence-electron chi connectivity index (χ0n) is 19.9. The molecule has 0 bridgehead atoms. The maximum Gasteiger partial charge on any atom is 0.309 e. The van der Waals surface area contributed by atoms with Crippen LogP contribution in [0.2, 0.25) is 0 Å². The molecule has 0 aliphatic heterocycles. The highest BCUT2D eigenvalue weighted by Crippen LogP contribution is 2.32. The number of hydrogen-bond donors (Lipinski definition) is 0. The third kappa shape index (κ3) is 12.6. The lowest BCUT2D eigenvalue weighted by atomic mass is 9.79. The molecular weight excluding hydrogens is 376 g/mol. The molecule has 0 saturated heterocycles. The fraction of sp³-hybridized carbons (Fsp3) is 0.923. The second kappa shape index (κ2) is 18.7. The first kappa shape index (κ1) is 27.0. The number of carbonyl (C=O) groups is 2. The minimum atomic E-state index is -0.308. The smallest absolute Gasteiger partial charge is 0.309 e. The van der Waals surface area contributed by atoms with Gasteiger partial charge in [-0.2, -0.15) is 0 Å². The number of methoxy groups -OCH3 is 1. The lowest BCUT2D eigenvalue weighted by molar-refractivity contribution is -0.161. The van der Waals surface area contributed by atoms with Crippen molar-refractivity contribution in [3.63, 3.8) is 0 Å². The molecule has 2 unspecified atom stereocenters. The molecular formula is C26H48O4. The summed E-state index contributed by atoms with van der Waals surface area (Å²) < 4.78 is 10.3. The largest absolute Gasteiger partial charge is 0.469 e. The maximum atomic E-state index is 12.3. The monoisotopic (exact) mass is 424 g/mol. The van der Waals surface area contributed by atoms with Crippen molar-refractivity contribution in [1.29, 1.82) is 0 Å². The van der Waals surface area contributed by atoms with Crippen LogP contribution in [0.1, 0.15) is 129 Å². The van der Waals surface area contributed by atoms with Crippen LogP contribution in [0.4, 0.5) is 0 Å². The highest BCUT2D eigenvalue weighted by atomic mass is 16.5. The van der Waals surface area contributed by atoms with Crippen LogP contribution in [-0.4, -0.2) is 25.7 Å². The van der Waals surface area contributed by atoms with Gasteiger partial charge in [-0.05, 0) is 19.3 Å². The average molecular weight is 425 g/mol. The summed E-state index contributed by atoms with van der Waals surface area (Å²) >= 11 is 0. The molecule has 2 atom stereocenters. The molecule has 4 nitrogen and oxygen atoms in total. The van der Waals surface area contributed by atoms with Crippen molar-refractivity contribution < 1.29 is 19.1 Å². The first-order valence-corrected chi connectivity index (χ1v) is 12.9. The van der Waals surface area contributed by atoms with Crippen molar-refractivity contribution in [2.24, 2.45) is 11.8 Å². The Kier molecular flexibility index (Phi) is 16.8. The molecule has 0 aromatic heterocycles. The van der Waals surface area contributed by atoms with Crippen molar-refractivity contribution >= 4 is 11.9 Å². The van der Waals surface area contributed by atoms with Gasteiger partial charge in [0.25, 0.3) is 0 Å². The minimum Gasteiger partial charge on any atom is -0.469 e. The zero-order valence-corrected chi connectivity index (χ0v) is 19.9. The van der Waals surface area contributed by atoms with E-state index < -0.39 is 0 Å². The van der Waals surface area contributed by atoms with Crippen LogP contribution < -0.4 is 0 Å². The van der Waals surface area contributed by atoms with Gasteiger partial charge in [-0.15, -0.1) is 0 Å². The number of esters is 2. The third-order valence-electron chi connectivity index (χ3n) is 6.56. The van der Waals surface area contributed by atoms with Gasteiger partial charge >= 0.3 is 11.9 Å². The van der Waals surface area contributed by atoms with Crippen LogP contribution in [-0.2, 0) is 19.1 Å². The lowest BCUT2D eigenvalue weighted by Gasteiger charge is -2.27. The molecule has 0 amide bonds. The first-order chi connectivity index (χ1) is 14.7. The number of carbonyl (C=O) groups excluding carboxylic acids is 2. The van der Waals surface area contributed by atoms with Gasteiger partial charge in [-0.25, -0.2) is 0 Å². The van der Waals surface area contributed by atoms with Crippen LogP contribution in [0.25, 0.3) is 0 Å². The predicted molar refractivity (Wildman–Crippen MR) is 123 cm³/mol. The lowest BCUT2D eigenvalue weighted by Crippen LogP contribution is -2.34. The van der Waals surface area contributed by atoms with Crippen molar-refractivity contribution in [3.05, 3.63) is 0 Å². The molecule has 30 heavy (non-hydrogen) atoms. The summed E-state index contributed by atoms with van der Waals surface area (Å²) in [5, 5.41) is 0. The molecule has 4 heteroatoms. The number of unbranched alkanes of at least 4 members (excludes halogenated alkanes) is 14. The van der Waals surface area contributed by atoms with Gasteiger partial charge < -0.3 is 9.47 Å². The summed E-state index contributed by atoms with van der Waals surface area (Å²) in [7, 11) is 1.40. The van der Waals surface area contributed by atoms with Crippen LogP contribution >= 0.6 is 0 Å². The Labute approximate surface area is 185 Å². The fourth-order valence-electron chi connectivity index (χ4n) is 4.60. The van der Waals surface area contributed by atoms with E-state index >= 15 is 0 Å². The molecule has 1 rings (SSSR count). The second-order valence-corrected chi connectivity index (χ2v) is 9.14. The summed E-state index contributed by atoms with van der Waals surface area (Å²) in [5.74, 6) is -1.07. The average Bonchev–Trinajstić information content (AvgIpc) is 2.78. The molecule has 1 aliphatic rings. The Morgan fingerprint density at radius 3 is 1.47 bits per heavy atom. The van der Waals surface area contributed by atoms with Gasteiger partial charge in [0, 0.05) is 0 Å². The molecule has 1 fully saturated rings. The molecule has 1 aliphatic carbocycles. The van der Waals surface area contributed by atoms with Crippen molar-refractivity contribution in [1.82, 2.24) is 0 Å². The molecule has 0 aromatic carbocycles. The summed E-state index contributed by atoms with van der Waals surface area (Å²) in [6, 6.07) is 0. The number of rotatable bonds is 18. The predicted octanol–water partition coefficient (Wildman–Crippen LogP) is 7.38. The Bertz CT molecular complexity index is 435. The van der Waals surface area contributed by atoms with Gasteiger partial charge in [0.15, 0.2) is 0 Å². The highest BCUT2D eigenvalue weighted by Gasteiger charge is 2.37. The van der Waals surface area contributed by atoms with Crippen LogP contribution in [0, 0.1) is 11.8 Å². The van der Waals surface area contributed by atoms with Crippen molar-refractivity contribution in [3.8, 4) is 0 Å². The summed E-state index contributed by atoms with van der Waals surface area (Å²) in [6.07, 6.45) is 23.4. The summed E-state index contributed by atoms with van der Waals surface area (Å²) in [4.78, 5) is 24.2. The van der Waals surface area contributed by atoms with E-state index in [4.69, 9.17) is 9.47 Å². The Hall–Kier alpha value is -1.06. The number of hydrogen-bond acceptors (Lipinski definition) is 4. The van der Waals surface area contributed by atoms with E-state index in [0.717, 1.165) is 38.5 Å². The van der Waals surface area contributed by atoms with Crippen LogP contribution in [0.15, 0.2) is 0 Å². The Morgan fingerprint density at radius 2 is 1.03 bits per heavy atom. The van der Waals surface area contributed by atoms with E-state index in [9.17, 15) is 9.59 Å². The highest BCUT2D eigenvalue weighted by molar-refractivity contribution is 5.82. The molecule has 0 heterocycles. The fourth-order valence-corrected chi connectivity index (χ4v) is 4.60. The molecule has 1 saturated carbocycles. The topological polar surface area (TPSA) is 52.6 Å². The van der Waals surface area contributed by atoms with Crippen LogP contribution in [0.3, 0.4) is 0 Å². The SMILES string of the molecule is CCCCCCCCCCCCCCCCCOC(=O)C1CCCCC1C(=O)OC. The van der Waals surface area contributed by atoms with E-state index in [1.807, 2.05) is 0 Å². The maximum absolute atomic E-state index is 12.3. The van der Waals surface area contributed by atoms with E-state index in [0.29, 0.717) is 6.61 Å². The Balaban J connectivity index is 1.90. The third-order valence-corrected chi connectivity index (χ3v) is 6.56. The van der Waals surface area contributed by atoms with Gasteiger partial charge in [0.2, 0.25) is 0 Å². The molecule has 0 N–H and O–H groups in total. The Morgan fingerprint density at radius 1 is 0.633 bits per heavy atom. The van der Waals surface area contributed by atoms with Gasteiger partial charge in [0.05, 0.1) is 25.6 Å².